The molecule has 2 heterocycles. The predicted molar refractivity (Wildman–Crippen MR) is 120 cm³/mol. The molecule has 1 unspecified atom stereocenters. The number of halogens is 1. The fourth-order valence-electron chi connectivity index (χ4n) is 3.74. The number of carbonyl (C=O) groups is 1. The summed E-state index contributed by atoms with van der Waals surface area (Å²) in [4.78, 5) is 15.2. The Hall–Kier alpha value is -2.83. The number of likely N-dealkylation sites (N-methyl/N-ethyl adjacent to an activating group) is 1. The molecular weight excluding hydrogens is 400 g/mol. The van der Waals surface area contributed by atoms with E-state index in [0.29, 0.717) is 17.8 Å². The van der Waals surface area contributed by atoms with Crippen LogP contribution in [-0.4, -0.2) is 53.9 Å². The van der Waals surface area contributed by atoms with Crippen LogP contribution in [0.3, 0.4) is 0 Å². The maximum Gasteiger partial charge on any atom is 0.257 e. The molecule has 30 heavy (non-hydrogen) atoms. The predicted octanol–water partition coefficient (Wildman–Crippen LogP) is 3.46. The SMILES string of the molecule is COc1cccc(-c2nn(Cc3ccccc3)cc2C(=O)N(C)C2CCNC2)c1.Cl. The van der Waals surface area contributed by atoms with Crippen LogP contribution in [0, 0.1) is 0 Å². The number of nitrogens with zero attached hydrogens (tertiary/aromatic N) is 3. The van der Waals surface area contributed by atoms with Crippen LogP contribution in [0.4, 0.5) is 0 Å². The molecule has 1 fully saturated rings. The van der Waals surface area contributed by atoms with Crippen molar-refractivity contribution in [3.8, 4) is 17.0 Å². The van der Waals surface area contributed by atoms with E-state index in [2.05, 4.69) is 17.4 Å². The van der Waals surface area contributed by atoms with Crippen LogP contribution in [0.25, 0.3) is 11.3 Å². The first-order valence-electron chi connectivity index (χ1n) is 9.89. The second-order valence-electron chi connectivity index (χ2n) is 7.37. The van der Waals surface area contributed by atoms with Gasteiger partial charge in [0.15, 0.2) is 0 Å². The molecule has 3 aromatic rings. The van der Waals surface area contributed by atoms with E-state index in [0.717, 1.165) is 36.4 Å². The number of carbonyl (C=O) groups excluding carboxylic acids is 1. The van der Waals surface area contributed by atoms with Crippen LogP contribution in [0.2, 0.25) is 0 Å². The number of benzene rings is 2. The average Bonchev–Trinajstić information content (AvgIpc) is 3.44. The van der Waals surface area contributed by atoms with E-state index in [1.54, 1.807) is 7.11 Å². The summed E-state index contributed by atoms with van der Waals surface area (Å²) in [6.45, 7) is 2.38. The first-order valence-corrected chi connectivity index (χ1v) is 9.89. The first kappa shape index (κ1) is 21.9. The van der Waals surface area contributed by atoms with Crippen molar-refractivity contribution in [1.82, 2.24) is 20.0 Å². The van der Waals surface area contributed by atoms with Crippen LogP contribution in [0.5, 0.6) is 5.75 Å². The van der Waals surface area contributed by atoms with Crippen LogP contribution in [0.1, 0.15) is 22.3 Å². The number of hydrogen-bond acceptors (Lipinski definition) is 4. The third-order valence-electron chi connectivity index (χ3n) is 5.43. The highest BCUT2D eigenvalue weighted by atomic mass is 35.5. The van der Waals surface area contributed by atoms with Gasteiger partial charge in [0.2, 0.25) is 0 Å². The van der Waals surface area contributed by atoms with E-state index in [1.165, 1.54) is 0 Å². The Morgan fingerprint density at radius 2 is 2.03 bits per heavy atom. The lowest BCUT2D eigenvalue weighted by atomic mass is 10.1. The molecule has 0 radical (unpaired) electrons. The highest BCUT2D eigenvalue weighted by Crippen LogP contribution is 2.27. The van der Waals surface area contributed by atoms with Crippen LogP contribution in [-0.2, 0) is 6.54 Å². The largest absolute Gasteiger partial charge is 0.497 e. The molecule has 1 aromatic heterocycles. The summed E-state index contributed by atoms with van der Waals surface area (Å²) in [5.41, 5.74) is 3.31. The van der Waals surface area contributed by atoms with Gasteiger partial charge in [-0.05, 0) is 30.7 Å². The molecule has 4 rings (SSSR count). The zero-order chi connectivity index (χ0) is 20.2. The van der Waals surface area contributed by atoms with Gasteiger partial charge in [-0.3, -0.25) is 9.48 Å². The molecule has 1 N–H and O–H groups in total. The molecule has 6 nitrogen and oxygen atoms in total. The highest BCUT2D eigenvalue weighted by molar-refractivity contribution is 6.00. The molecule has 0 aliphatic carbocycles. The molecule has 0 saturated carbocycles. The Labute approximate surface area is 183 Å². The van der Waals surface area contributed by atoms with Gasteiger partial charge in [-0.1, -0.05) is 42.5 Å². The van der Waals surface area contributed by atoms with Crippen molar-refractivity contribution in [3.63, 3.8) is 0 Å². The summed E-state index contributed by atoms with van der Waals surface area (Å²) in [7, 11) is 3.52. The Bertz CT molecular complexity index is 984. The van der Waals surface area contributed by atoms with Gasteiger partial charge in [0.1, 0.15) is 11.4 Å². The van der Waals surface area contributed by atoms with Gasteiger partial charge in [0, 0.05) is 31.4 Å². The molecule has 158 valence electrons. The summed E-state index contributed by atoms with van der Waals surface area (Å²) in [5, 5.41) is 8.11. The maximum absolute atomic E-state index is 13.4. The Kier molecular flexibility index (Phi) is 7.13. The smallest absolute Gasteiger partial charge is 0.257 e. The van der Waals surface area contributed by atoms with E-state index >= 15 is 0 Å². The number of hydrogen-bond donors (Lipinski definition) is 1. The average molecular weight is 427 g/mol. The summed E-state index contributed by atoms with van der Waals surface area (Å²) in [6.07, 6.45) is 2.83. The van der Waals surface area contributed by atoms with E-state index in [1.807, 2.05) is 65.3 Å². The van der Waals surface area contributed by atoms with Crippen molar-refractivity contribution < 1.29 is 9.53 Å². The number of nitrogens with one attached hydrogen (secondary N) is 1. The molecule has 7 heteroatoms. The van der Waals surface area contributed by atoms with Crippen LogP contribution in [0.15, 0.2) is 60.8 Å². The molecule has 0 bridgehead atoms. The Balaban J connectivity index is 0.00000256. The van der Waals surface area contributed by atoms with Gasteiger partial charge in [0.05, 0.1) is 19.2 Å². The lowest BCUT2D eigenvalue weighted by Gasteiger charge is -2.23. The Morgan fingerprint density at radius 1 is 1.23 bits per heavy atom. The third kappa shape index (κ3) is 4.66. The quantitative estimate of drug-likeness (QED) is 0.655. The number of ether oxygens (including phenoxy) is 1. The van der Waals surface area contributed by atoms with Crippen LogP contribution < -0.4 is 10.1 Å². The monoisotopic (exact) mass is 426 g/mol. The van der Waals surface area contributed by atoms with Gasteiger partial charge in [-0.15, -0.1) is 12.4 Å². The summed E-state index contributed by atoms with van der Waals surface area (Å²) in [6, 6.07) is 18.0. The normalized spacial score (nSPS) is 15.5. The molecule has 1 atom stereocenters. The number of methoxy groups -OCH3 is 1. The van der Waals surface area contributed by atoms with Crippen molar-refractivity contribution >= 4 is 18.3 Å². The molecule has 1 saturated heterocycles. The fourth-order valence-corrected chi connectivity index (χ4v) is 3.74. The van der Waals surface area contributed by atoms with Crippen molar-refractivity contribution in [1.29, 1.82) is 0 Å². The Morgan fingerprint density at radius 3 is 2.73 bits per heavy atom. The van der Waals surface area contributed by atoms with E-state index < -0.39 is 0 Å². The van der Waals surface area contributed by atoms with Crippen LogP contribution >= 0.6 is 12.4 Å². The van der Waals surface area contributed by atoms with Gasteiger partial charge >= 0.3 is 0 Å². The van der Waals surface area contributed by atoms with Gasteiger partial charge < -0.3 is 15.0 Å². The maximum atomic E-state index is 13.4. The van der Waals surface area contributed by atoms with Gasteiger partial charge in [0.25, 0.3) is 5.91 Å². The fraction of sp³-hybridized carbons (Fsp3) is 0.304. The first-order chi connectivity index (χ1) is 14.2. The summed E-state index contributed by atoms with van der Waals surface area (Å²) < 4.78 is 7.22. The second-order valence-corrected chi connectivity index (χ2v) is 7.37. The molecule has 2 aromatic carbocycles. The van der Waals surface area contributed by atoms with Crippen molar-refractivity contribution in [2.75, 3.05) is 27.2 Å². The van der Waals surface area contributed by atoms with E-state index in [9.17, 15) is 4.79 Å². The lowest BCUT2D eigenvalue weighted by molar-refractivity contribution is 0.0744. The highest BCUT2D eigenvalue weighted by Gasteiger charge is 2.27. The number of aromatic nitrogens is 2. The summed E-state index contributed by atoms with van der Waals surface area (Å²) in [5.74, 6) is 0.739. The standard InChI is InChI=1S/C23H26N4O2.ClH/c1-26(19-11-12-24-14-19)23(28)21-16-27(15-17-7-4-3-5-8-17)25-22(21)18-9-6-10-20(13-18)29-2;/h3-10,13,16,19,24H,11-12,14-15H2,1-2H3;1H. The minimum Gasteiger partial charge on any atom is -0.497 e. The molecule has 0 spiro atoms. The molecule has 1 amide bonds. The van der Waals surface area contributed by atoms with Crippen molar-refractivity contribution in [2.45, 2.75) is 19.0 Å². The molecule has 1 aliphatic rings. The van der Waals surface area contributed by atoms with E-state index in [4.69, 9.17) is 9.84 Å². The second kappa shape index (κ2) is 9.78. The van der Waals surface area contributed by atoms with Crippen molar-refractivity contribution in [3.05, 3.63) is 71.9 Å². The third-order valence-corrected chi connectivity index (χ3v) is 5.43. The van der Waals surface area contributed by atoms with E-state index in [-0.39, 0.29) is 24.4 Å². The lowest BCUT2D eigenvalue weighted by Crippen LogP contribution is -2.38. The number of amides is 1. The zero-order valence-electron chi connectivity index (χ0n) is 17.2. The molecular formula is C23H27ClN4O2. The topological polar surface area (TPSA) is 59.4 Å². The minimum absolute atomic E-state index is 0. The zero-order valence-corrected chi connectivity index (χ0v) is 18.1. The van der Waals surface area contributed by atoms with Crippen molar-refractivity contribution in [2.24, 2.45) is 0 Å². The van der Waals surface area contributed by atoms with Gasteiger partial charge in [-0.2, -0.15) is 5.10 Å². The van der Waals surface area contributed by atoms with Gasteiger partial charge in [-0.25, -0.2) is 0 Å². The number of rotatable bonds is 6. The summed E-state index contributed by atoms with van der Waals surface area (Å²) >= 11 is 0. The molecule has 1 aliphatic heterocycles. The minimum atomic E-state index is -0.00386.